The molecular weight excluding hydrogens is 400 g/mol. The van der Waals surface area contributed by atoms with E-state index in [1.807, 2.05) is 13.8 Å². The molecular formula is C22H30N4O5. The molecule has 0 aliphatic rings. The van der Waals surface area contributed by atoms with Crippen molar-refractivity contribution in [2.45, 2.75) is 33.9 Å². The summed E-state index contributed by atoms with van der Waals surface area (Å²) < 4.78 is 13.1. The summed E-state index contributed by atoms with van der Waals surface area (Å²) in [5.74, 6) is 1.05. The minimum Gasteiger partial charge on any atom is -0.493 e. The van der Waals surface area contributed by atoms with Crippen LogP contribution in [0.15, 0.2) is 33.9 Å². The molecule has 0 saturated carbocycles. The number of methoxy groups -OCH3 is 2. The molecule has 0 radical (unpaired) electrons. The number of nitrogens with zero attached hydrogens (tertiary/aromatic N) is 3. The van der Waals surface area contributed by atoms with Gasteiger partial charge in [0.2, 0.25) is 0 Å². The fourth-order valence-corrected chi connectivity index (χ4v) is 3.25. The summed E-state index contributed by atoms with van der Waals surface area (Å²) in [6.45, 7) is 6.45. The van der Waals surface area contributed by atoms with Gasteiger partial charge >= 0.3 is 5.69 Å². The molecule has 1 aromatic heterocycles. The Kier molecular flexibility index (Phi) is 8.07. The van der Waals surface area contributed by atoms with Gasteiger partial charge in [-0.1, -0.05) is 6.07 Å². The Morgan fingerprint density at radius 1 is 1.06 bits per heavy atom. The summed E-state index contributed by atoms with van der Waals surface area (Å²) in [6.07, 6.45) is 3.00. The first kappa shape index (κ1) is 23.8. The average Bonchev–Trinajstić information content (AvgIpc) is 2.77. The Balaban J connectivity index is 2.49. The van der Waals surface area contributed by atoms with Gasteiger partial charge in [-0.15, -0.1) is 0 Å². The van der Waals surface area contributed by atoms with Crippen molar-refractivity contribution in [2.24, 2.45) is 0 Å². The number of carbonyl (C=O) groups is 1. The molecule has 0 aliphatic carbocycles. The second kappa shape index (κ2) is 10.5. The van der Waals surface area contributed by atoms with Crippen molar-refractivity contribution in [2.75, 3.05) is 38.0 Å². The number of anilines is 2. The first-order chi connectivity index (χ1) is 14.8. The second-order valence-electron chi connectivity index (χ2n) is 6.65. The van der Waals surface area contributed by atoms with Crippen molar-refractivity contribution in [1.29, 1.82) is 0 Å². The van der Waals surface area contributed by atoms with E-state index in [2.05, 4.69) is 5.32 Å². The smallest absolute Gasteiger partial charge is 0.332 e. The fourth-order valence-electron chi connectivity index (χ4n) is 3.25. The van der Waals surface area contributed by atoms with Gasteiger partial charge in [0.25, 0.3) is 11.5 Å². The number of amides is 1. The van der Waals surface area contributed by atoms with Gasteiger partial charge < -0.3 is 19.7 Å². The third-order valence-corrected chi connectivity index (χ3v) is 4.87. The van der Waals surface area contributed by atoms with Crippen LogP contribution in [-0.2, 0) is 17.9 Å². The average molecular weight is 431 g/mol. The maximum absolute atomic E-state index is 13.0. The van der Waals surface area contributed by atoms with Crippen LogP contribution in [0, 0.1) is 0 Å². The summed E-state index contributed by atoms with van der Waals surface area (Å²) in [7, 11) is 4.60. The first-order valence-corrected chi connectivity index (χ1v) is 10.1. The number of nitrogens with one attached hydrogen (secondary N) is 1. The molecule has 0 unspecified atom stereocenters. The Bertz CT molecular complexity index is 1080. The third kappa shape index (κ3) is 4.82. The largest absolute Gasteiger partial charge is 0.493 e. The Hall–Kier alpha value is -3.49. The predicted octanol–water partition coefficient (Wildman–Crippen LogP) is 2.17. The quantitative estimate of drug-likeness (QED) is 0.613. The van der Waals surface area contributed by atoms with Crippen molar-refractivity contribution >= 4 is 23.5 Å². The number of benzene rings is 1. The summed E-state index contributed by atoms with van der Waals surface area (Å²) in [6, 6.07) is 5.28. The molecule has 0 fully saturated rings. The van der Waals surface area contributed by atoms with E-state index < -0.39 is 17.2 Å². The SMILES string of the molecule is CCNc1c(N(C)C(=O)/C=C/c2ccc(OC)c(OC)c2)c(=O)n(CC)c(=O)n1CC. The van der Waals surface area contributed by atoms with Gasteiger partial charge in [-0.05, 0) is 44.5 Å². The van der Waals surface area contributed by atoms with Crippen LogP contribution >= 0.6 is 0 Å². The lowest BCUT2D eigenvalue weighted by Gasteiger charge is -2.23. The topological polar surface area (TPSA) is 94.8 Å². The number of aromatic nitrogens is 2. The Morgan fingerprint density at radius 2 is 1.71 bits per heavy atom. The van der Waals surface area contributed by atoms with E-state index in [-0.39, 0.29) is 12.2 Å². The highest BCUT2D eigenvalue weighted by Crippen LogP contribution is 2.28. The number of hydrogen-bond donors (Lipinski definition) is 1. The van der Waals surface area contributed by atoms with Crippen molar-refractivity contribution in [3.8, 4) is 11.5 Å². The molecule has 0 aliphatic heterocycles. The van der Waals surface area contributed by atoms with Crippen molar-refractivity contribution in [1.82, 2.24) is 9.13 Å². The van der Waals surface area contributed by atoms with Crippen LogP contribution in [0.25, 0.3) is 6.08 Å². The van der Waals surface area contributed by atoms with Crippen LogP contribution in [0.4, 0.5) is 11.5 Å². The zero-order valence-corrected chi connectivity index (χ0v) is 18.9. The van der Waals surface area contributed by atoms with E-state index in [4.69, 9.17) is 9.47 Å². The van der Waals surface area contributed by atoms with Crippen LogP contribution in [0.1, 0.15) is 26.3 Å². The van der Waals surface area contributed by atoms with Crippen LogP contribution in [0.2, 0.25) is 0 Å². The minimum atomic E-state index is -0.511. The standard InChI is InChI=1S/C22H30N4O5/c1-7-23-20-19(21(28)26(9-3)22(29)25(20)8-2)24(4)18(27)13-11-15-10-12-16(30-5)17(14-15)31-6/h10-14,23H,7-9H2,1-6H3/b13-11+. The molecule has 9 nitrogen and oxygen atoms in total. The monoisotopic (exact) mass is 430 g/mol. The summed E-state index contributed by atoms with van der Waals surface area (Å²) in [4.78, 5) is 39.8. The summed E-state index contributed by atoms with van der Waals surface area (Å²) >= 11 is 0. The number of hydrogen-bond acceptors (Lipinski definition) is 6. The molecule has 0 bridgehead atoms. The zero-order valence-electron chi connectivity index (χ0n) is 18.9. The molecule has 9 heteroatoms. The second-order valence-corrected chi connectivity index (χ2v) is 6.65. The van der Waals surface area contributed by atoms with Gasteiger partial charge in [0.15, 0.2) is 17.2 Å². The summed E-state index contributed by atoms with van der Waals surface area (Å²) in [5, 5.41) is 3.07. The van der Waals surface area contributed by atoms with E-state index in [0.29, 0.717) is 30.4 Å². The molecule has 1 amide bonds. The highest BCUT2D eigenvalue weighted by molar-refractivity contribution is 6.04. The third-order valence-electron chi connectivity index (χ3n) is 4.87. The van der Waals surface area contributed by atoms with Gasteiger partial charge in [-0.2, -0.15) is 0 Å². The summed E-state index contributed by atoms with van der Waals surface area (Å²) in [5.41, 5.74) is -0.0529. The molecule has 2 rings (SSSR count). The van der Waals surface area contributed by atoms with Crippen LogP contribution in [-0.4, -0.2) is 42.9 Å². The highest BCUT2D eigenvalue weighted by atomic mass is 16.5. The van der Waals surface area contributed by atoms with E-state index in [1.165, 1.54) is 29.7 Å². The maximum Gasteiger partial charge on any atom is 0.332 e. The van der Waals surface area contributed by atoms with E-state index in [1.54, 1.807) is 38.3 Å². The molecule has 1 heterocycles. The lowest BCUT2D eigenvalue weighted by Crippen LogP contribution is -2.44. The predicted molar refractivity (Wildman–Crippen MR) is 122 cm³/mol. The molecule has 168 valence electrons. The highest BCUT2D eigenvalue weighted by Gasteiger charge is 2.23. The lowest BCUT2D eigenvalue weighted by atomic mass is 10.2. The molecule has 0 saturated heterocycles. The molecule has 0 spiro atoms. The first-order valence-electron chi connectivity index (χ1n) is 10.1. The van der Waals surface area contributed by atoms with E-state index in [0.717, 1.165) is 10.1 Å². The van der Waals surface area contributed by atoms with Gasteiger partial charge in [0, 0.05) is 32.8 Å². The minimum absolute atomic E-state index is 0.132. The van der Waals surface area contributed by atoms with Gasteiger partial charge in [-0.3, -0.25) is 18.7 Å². The number of carbonyl (C=O) groups excluding carboxylic acids is 1. The normalized spacial score (nSPS) is 10.9. The van der Waals surface area contributed by atoms with E-state index in [9.17, 15) is 14.4 Å². The molecule has 1 aromatic carbocycles. The molecule has 0 atom stereocenters. The van der Waals surface area contributed by atoms with Crippen molar-refractivity contribution in [3.63, 3.8) is 0 Å². The van der Waals surface area contributed by atoms with Crippen molar-refractivity contribution < 1.29 is 14.3 Å². The molecule has 1 N–H and O–H groups in total. The van der Waals surface area contributed by atoms with Gasteiger partial charge in [0.1, 0.15) is 5.82 Å². The molecule has 31 heavy (non-hydrogen) atoms. The zero-order chi connectivity index (χ0) is 23.1. The maximum atomic E-state index is 13.0. The van der Waals surface area contributed by atoms with E-state index >= 15 is 0 Å². The molecule has 2 aromatic rings. The number of ether oxygens (including phenoxy) is 2. The van der Waals surface area contributed by atoms with Gasteiger partial charge in [0.05, 0.1) is 14.2 Å². The van der Waals surface area contributed by atoms with Crippen LogP contribution in [0.3, 0.4) is 0 Å². The van der Waals surface area contributed by atoms with Crippen LogP contribution in [0.5, 0.6) is 11.5 Å². The Labute approximate surface area is 181 Å². The van der Waals surface area contributed by atoms with Crippen molar-refractivity contribution in [3.05, 3.63) is 50.7 Å². The fraction of sp³-hybridized carbons (Fsp3) is 0.409. The van der Waals surface area contributed by atoms with Gasteiger partial charge in [-0.25, -0.2) is 4.79 Å². The van der Waals surface area contributed by atoms with Crippen LogP contribution < -0.4 is 30.9 Å². The lowest BCUT2D eigenvalue weighted by molar-refractivity contribution is -0.113. The number of rotatable bonds is 9. The Morgan fingerprint density at radius 3 is 2.26 bits per heavy atom. The number of likely N-dealkylation sites (N-methyl/N-ethyl adjacent to an activating group) is 1.